The molecular weight excluding hydrogens is 174 g/mol. The molecule has 1 aromatic rings. The molecule has 1 aliphatic rings. The SMILES string of the molecule is CCc1ccc(C2=COC=CC2)nc1. The van der Waals surface area contributed by atoms with E-state index in [-0.39, 0.29) is 0 Å². The van der Waals surface area contributed by atoms with Crippen LogP contribution in [0.4, 0.5) is 0 Å². The number of rotatable bonds is 2. The molecule has 72 valence electrons. The number of hydrogen-bond donors (Lipinski definition) is 0. The first-order chi connectivity index (χ1) is 6.90. The first-order valence-electron chi connectivity index (χ1n) is 4.85. The molecule has 0 N–H and O–H groups in total. The molecule has 14 heavy (non-hydrogen) atoms. The number of aromatic nitrogens is 1. The fraction of sp³-hybridized carbons (Fsp3) is 0.250. The Balaban J connectivity index is 2.20. The van der Waals surface area contributed by atoms with E-state index in [9.17, 15) is 0 Å². The maximum atomic E-state index is 5.11. The Morgan fingerprint density at radius 3 is 2.93 bits per heavy atom. The lowest BCUT2D eigenvalue weighted by atomic mass is 10.1. The van der Waals surface area contributed by atoms with Gasteiger partial charge in [-0.25, -0.2) is 0 Å². The lowest BCUT2D eigenvalue weighted by Gasteiger charge is -2.08. The van der Waals surface area contributed by atoms with Gasteiger partial charge in [0, 0.05) is 11.8 Å². The maximum absolute atomic E-state index is 5.11. The second-order valence-corrected chi connectivity index (χ2v) is 3.26. The van der Waals surface area contributed by atoms with Crippen molar-refractivity contribution in [3.05, 3.63) is 48.2 Å². The lowest BCUT2D eigenvalue weighted by molar-refractivity contribution is 0.397. The summed E-state index contributed by atoms with van der Waals surface area (Å²) in [6.45, 7) is 2.13. The van der Waals surface area contributed by atoms with Gasteiger partial charge < -0.3 is 4.74 Å². The van der Waals surface area contributed by atoms with E-state index < -0.39 is 0 Å². The van der Waals surface area contributed by atoms with Crippen LogP contribution in [0, 0.1) is 0 Å². The highest BCUT2D eigenvalue weighted by molar-refractivity contribution is 5.63. The van der Waals surface area contributed by atoms with Gasteiger partial charge in [0.1, 0.15) is 0 Å². The molecule has 2 nitrogen and oxygen atoms in total. The summed E-state index contributed by atoms with van der Waals surface area (Å²) in [6, 6.07) is 4.16. The van der Waals surface area contributed by atoms with Crippen LogP contribution in [0.25, 0.3) is 5.57 Å². The molecule has 0 atom stereocenters. The largest absolute Gasteiger partial charge is 0.473 e. The van der Waals surface area contributed by atoms with Crippen LogP contribution in [0.2, 0.25) is 0 Å². The van der Waals surface area contributed by atoms with Gasteiger partial charge in [-0.1, -0.05) is 13.0 Å². The van der Waals surface area contributed by atoms with Crippen molar-refractivity contribution in [1.82, 2.24) is 4.98 Å². The minimum Gasteiger partial charge on any atom is -0.473 e. The van der Waals surface area contributed by atoms with E-state index in [0.29, 0.717) is 0 Å². The Bertz CT molecular complexity index is 362. The van der Waals surface area contributed by atoms with Gasteiger partial charge in [0.25, 0.3) is 0 Å². The average Bonchev–Trinajstić information content (AvgIpc) is 2.30. The zero-order chi connectivity index (χ0) is 9.80. The van der Waals surface area contributed by atoms with Crippen molar-refractivity contribution >= 4 is 5.57 Å². The fourth-order valence-electron chi connectivity index (χ4n) is 1.39. The van der Waals surface area contributed by atoms with E-state index in [0.717, 1.165) is 24.1 Å². The summed E-state index contributed by atoms with van der Waals surface area (Å²) in [5.74, 6) is 0. The molecule has 1 aliphatic heterocycles. The van der Waals surface area contributed by atoms with Crippen LogP contribution in [-0.2, 0) is 11.2 Å². The Morgan fingerprint density at radius 1 is 1.43 bits per heavy atom. The van der Waals surface area contributed by atoms with Gasteiger partial charge >= 0.3 is 0 Å². The average molecular weight is 187 g/mol. The molecule has 0 aromatic carbocycles. The fourth-order valence-corrected chi connectivity index (χ4v) is 1.39. The Labute approximate surface area is 83.9 Å². The third-order valence-electron chi connectivity index (χ3n) is 2.28. The van der Waals surface area contributed by atoms with Crippen molar-refractivity contribution in [2.75, 3.05) is 0 Å². The summed E-state index contributed by atoms with van der Waals surface area (Å²) < 4.78 is 5.11. The van der Waals surface area contributed by atoms with Crippen molar-refractivity contribution in [2.45, 2.75) is 19.8 Å². The summed E-state index contributed by atoms with van der Waals surface area (Å²) in [7, 11) is 0. The smallest absolute Gasteiger partial charge is 0.0957 e. The van der Waals surface area contributed by atoms with Gasteiger partial charge in [-0.15, -0.1) is 0 Å². The van der Waals surface area contributed by atoms with Crippen LogP contribution in [0.15, 0.2) is 36.9 Å². The third kappa shape index (κ3) is 1.84. The van der Waals surface area contributed by atoms with E-state index >= 15 is 0 Å². The van der Waals surface area contributed by atoms with Crippen LogP contribution in [0.1, 0.15) is 24.6 Å². The molecule has 1 aromatic heterocycles. The number of hydrogen-bond acceptors (Lipinski definition) is 2. The first-order valence-corrected chi connectivity index (χ1v) is 4.85. The van der Waals surface area contributed by atoms with Gasteiger partial charge in [-0.05, 0) is 30.5 Å². The highest BCUT2D eigenvalue weighted by Crippen LogP contribution is 2.19. The van der Waals surface area contributed by atoms with Crippen LogP contribution in [0.5, 0.6) is 0 Å². The Kier molecular flexibility index (Phi) is 2.63. The van der Waals surface area contributed by atoms with Crippen LogP contribution in [0.3, 0.4) is 0 Å². The Hall–Kier alpha value is -1.57. The predicted octanol–water partition coefficient (Wildman–Crippen LogP) is 2.92. The summed E-state index contributed by atoms with van der Waals surface area (Å²) in [4.78, 5) is 4.39. The van der Waals surface area contributed by atoms with E-state index in [1.54, 1.807) is 12.5 Å². The summed E-state index contributed by atoms with van der Waals surface area (Å²) >= 11 is 0. The van der Waals surface area contributed by atoms with Crippen LogP contribution in [-0.4, -0.2) is 4.98 Å². The molecule has 0 saturated carbocycles. The van der Waals surface area contributed by atoms with Crippen molar-refractivity contribution in [2.24, 2.45) is 0 Å². The van der Waals surface area contributed by atoms with Crippen LogP contribution < -0.4 is 0 Å². The van der Waals surface area contributed by atoms with Crippen molar-refractivity contribution < 1.29 is 4.74 Å². The quantitative estimate of drug-likeness (QED) is 0.710. The molecular formula is C12H13NO. The molecule has 0 fully saturated rings. The van der Waals surface area contributed by atoms with E-state index in [4.69, 9.17) is 4.74 Å². The summed E-state index contributed by atoms with van der Waals surface area (Å²) in [5.41, 5.74) is 3.41. The monoisotopic (exact) mass is 187 g/mol. The van der Waals surface area contributed by atoms with Crippen LogP contribution >= 0.6 is 0 Å². The number of pyridine rings is 1. The lowest BCUT2D eigenvalue weighted by Crippen LogP contribution is -1.93. The molecule has 0 radical (unpaired) electrons. The molecule has 0 unspecified atom stereocenters. The van der Waals surface area contributed by atoms with Gasteiger partial charge in [0.05, 0.1) is 18.2 Å². The highest BCUT2D eigenvalue weighted by Gasteiger charge is 2.04. The molecule has 0 amide bonds. The molecule has 0 saturated heterocycles. The van der Waals surface area contributed by atoms with E-state index in [1.807, 2.05) is 18.3 Å². The molecule has 2 heteroatoms. The second-order valence-electron chi connectivity index (χ2n) is 3.26. The second kappa shape index (κ2) is 4.09. The van der Waals surface area contributed by atoms with Gasteiger partial charge in [0.15, 0.2) is 0 Å². The molecule has 0 spiro atoms. The highest BCUT2D eigenvalue weighted by atomic mass is 16.5. The molecule has 2 heterocycles. The predicted molar refractivity (Wildman–Crippen MR) is 56.4 cm³/mol. The topological polar surface area (TPSA) is 22.1 Å². The summed E-state index contributed by atoms with van der Waals surface area (Å²) in [6.07, 6.45) is 9.30. The third-order valence-corrected chi connectivity index (χ3v) is 2.28. The zero-order valence-electron chi connectivity index (χ0n) is 8.23. The molecule has 2 rings (SSSR count). The molecule has 0 aliphatic carbocycles. The Morgan fingerprint density at radius 2 is 2.36 bits per heavy atom. The minimum atomic E-state index is 0.901. The van der Waals surface area contributed by atoms with E-state index in [1.165, 1.54) is 5.56 Å². The number of ether oxygens (including phenoxy) is 1. The maximum Gasteiger partial charge on any atom is 0.0957 e. The number of nitrogens with zero attached hydrogens (tertiary/aromatic N) is 1. The minimum absolute atomic E-state index is 0.901. The van der Waals surface area contributed by atoms with Gasteiger partial charge in [0.2, 0.25) is 0 Å². The van der Waals surface area contributed by atoms with Crippen molar-refractivity contribution in [1.29, 1.82) is 0 Å². The summed E-state index contributed by atoms with van der Waals surface area (Å²) in [5, 5.41) is 0. The normalized spacial score (nSPS) is 14.8. The zero-order valence-corrected chi connectivity index (χ0v) is 8.23. The number of aryl methyl sites for hydroxylation is 1. The first kappa shape index (κ1) is 9.00. The van der Waals surface area contributed by atoms with E-state index in [2.05, 4.69) is 18.0 Å². The van der Waals surface area contributed by atoms with Gasteiger partial charge in [-0.3, -0.25) is 4.98 Å². The van der Waals surface area contributed by atoms with Gasteiger partial charge in [-0.2, -0.15) is 0 Å². The van der Waals surface area contributed by atoms with Crippen molar-refractivity contribution in [3.8, 4) is 0 Å². The standard InChI is InChI=1S/C12H13NO/c1-2-10-5-6-12(13-8-10)11-4-3-7-14-9-11/h3,5-9H,2,4H2,1H3. The number of allylic oxidation sites excluding steroid dienone is 2. The molecule has 0 bridgehead atoms. The van der Waals surface area contributed by atoms with Crippen molar-refractivity contribution in [3.63, 3.8) is 0 Å².